The molecule has 4 N–H and O–H groups in total. The van der Waals surface area contributed by atoms with Gasteiger partial charge in [-0.2, -0.15) is 0 Å². The van der Waals surface area contributed by atoms with E-state index in [2.05, 4.69) is 4.98 Å². The molecule has 0 unspecified atom stereocenters. The zero-order valence-electron chi connectivity index (χ0n) is 14.3. The van der Waals surface area contributed by atoms with Crippen LogP contribution in [-0.4, -0.2) is 62.7 Å². The van der Waals surface area contributed by atoms with Crippen LogP contribution < -0.4 is 10.2 Å². The molecule has 3 heterocycles. The fraction of sp³-hybridized carbons (Fsp3) is 0.333. The summed E-state index contributed by atoms with van der Waals surface area (Å²) in [6.07, 6.45) is -5.64. The Morgan fingerprint density at radius 3 is 2.71 bits per heavy atom. The standard InChI is InChI=1S/C18H17NO8S/c20-4-13-15(22)16(23)17(24)18(27-13)26-8-1-2-9-12(3-8)25-5-10(14(9)21)11-6-28-7-19-11/h1-3,5-7,13,15-18,20,22-24H,4H2/t13-,15-,16+,17-,18+/m0/s1. The van der Waals surface area contributed by atoms with Crippen molar-refractivity contribution in [2.45, 2.75) is 30.7 Å². The van der Waals surface area contributed by atoms with Gasteiger partial charge in [0.25, 0.3) is 0 Å². The third-order valence-corrected chi connectivity index (χ3v) is 5.14. The van der Waals surface area contributed by atoms with Crippen LogP contribution in [0, 0.1) is 0 Å². The molecule has 148 valence electrons. The Bertz CT molecular complexity index is 1020. The van der Waals surface area contributed by atoms with Gasteiger partial charge in [-0.3, -0.25) is 4.79 Å². The van der Waals surface area contributed by atoms with E-state index < -0.39 is 37.3 Å². The fourth-order valence-electron chi connectivity index (χ4n) is 3.00. The number of hydrogen-bond acceptors (Lipinski definition) is 10. The Kier molecular flexibility index (Phi) is 5.15. The molecule has 1 aromatic carbocycles. The summed E-state index contributed by atoms with van der Waals surface area (Å²) in [5, 5.41) is 41.0. The first kappa shape index (κ1) is 19.0. The lowest BCUT2D eigenvalue weighted by Crippen LogP contribution is -2.60. The van der Waals surface area contributed by atoms with Crippen LogP contribution in [0.3, 0.4) is 0 Å². The molecule has 1 aliphatic heterocycles. The number of benzene rings is 1. The summed E-state index contributed by atoms with van der Waals surface area (Å²) in [6.45, 7) is -0.559. The van der Waals surface area contributed by atoms with Gasteiger partial charge in [-0.15, -0.1) is 11.3 Å². The van der Waals surface area contributed by atoms with Crippen LogP contribution in [0.4, 0.5) is 0 Å². The summed E-state index contributed by atoms with van der Waals surface area (Å²) in [7, 11) is 0. The minimum absolute atomic E-state index is 0.210. The van der Waals surface area contributed by atoms with E-state index in [1.165, 1.54) is 35.8 Å². The number of nitrogens with zero attached hydrogens (tertiary/aromatic N) is 1. The Morgan fingerprint density at radius 1 is 1.18 bits per heavy atom. The molecule has 2 aromatic heterocycles. The quantitative estimate of drug-likeness (QED) is 0.473. The van der Waals surface area contributed by atoms with Gasteiger partial charge in [-0.25, -0.2) is 4.98 Å². The van der Waals surface area contributed by atoms with Gasteiger partial charge >= 0.3 is 0 Å². The first-order valence-electron chi connectivity index (χ1n) is 8.41. The number of aliphatic hydroxyl groups is 4. The lowest BCUT2D eigenvalue weighted by atomic mass is 9.99. The molecular formula is C18H17NO8S. The highest BCUT2D eigenvalue weighted by Crippen LogP contribution is 2.27. The number of hydrogen-bond donors (Lipinski definition) is 4. The molecular weight excluding hydrogens is 390 g/mol. The third-order valence-electron chi connectivity index (χ3n) is 4.56. The van der Waals surface area contributed by atoms with Crippen molar-refractivity contribution in [1.29, 1.82) is 0 Å². The number of aromatic nitrogens is 1. The average Bonchev–Trinajstić information content (AvgIpc) is 3.23. The van der Waals surface area contributed by atoms with Crippen molar-refractivity contribution in [2.75, 3.05) is 6.61 Å². The SMILES string of the molecule is O=c1c(-c2cscn2)coc2cc(O[C@@H]3O[C@@H](CO)[C@H](O)[C@@H](O)[C@@H]3O)ccc12. The van der Waals surface area contributed by atoms with Crippen LogP contribution in [0.2, 0.25) is 0 Å². The molecule has 0 radical (unpaired) electrons. The first-order valence-corrected chi connectivity index (χ1v) is 9.35. The lowest BCUT2D eigenvalue weighted by Gasteiger charge is -2.39. The van der Waals surface area contributed by atoms with E-state index in [0.29, 0.717) is 16.6 Å². The van der Waals surface area contributed by atoms with Crippen LogP contribution in [-0.2, 0) is 4.74 Å². The van der Waals surface area contributed by atoms with Crippen molar-refractivity contribution >= 4 is 22.3 Å². The van der Waals surface area contributed by atoms with E-state index in [1.54, 1.807) is 10.9 Å². The maximum atomic E-state index is 12.7. The molecule has 0 bridgehead atoms. The summed E-state index contributed by atoms with van der Waals surface area (Å²) < 4.78 is 16.4. The van der Waals surface area contributed by atoms with E-state index >= 15 is 0 Å². The zero-order valence-corrected chi connectivity index (χ0v) is 15.2. The largest absolute Gasteiger partial charge is 0.463 e. The van der Waals surface area contributed by atoms with Gasteiger partial charge in [0, 0.05) is 11.4 Å². The molecule has 1 aliphatic rings. The molecule has 0 saturated carbocycles. The van der Waals surface area contributed by atoms with Crippen molar-refractivity contribution in [3.8, 4) is 17.0 Å². The Balaban J connectivity index is 1.62. The summed E-state index contributed by atoms with van der Waals surface area (Å²) >= 11 is 1.37. The van der Waals surface area contributed by atoms with Crippen molar-refractivity contribution in [3.05, 3.63) is 45.6 Å². The van der Waals surface area contributed by atoms with Gasteiger partial charge in [0.1, 0.15) is 42.0 Å². The number of aliphatic hydroxyl groups excluding tert-OH is 4. The van der Waals surface area contributed by atoms with Crippen molar-refractivity contribution in [2.24, 2.45) is 0 Å². The predicted octanol–water partition coefficient (Wildman–Crippen LogP) is 0.0952. The molecule has 1 fully saturated rings. The Labute approximate surface area is 162 Å². The molecule has 5 atom stereocenters. The van der Waals surface area contributed by atoms with Crippen LogP contribution in [0.1, 0.15) is 0 Å². The monoisotopic (exact) mass is 407 g/mol. The highest BCUT2D eigenvalue weighted by molar-refractivity contribution is 7.07. The van der Waals surface area contributed by atoms with Gasteiger partial charge in [-0.1, -0.05) is 0 Å². The normalized spacial score (nSPS) is 27.8. The second-order valence-corrected chi connectivity index (χ2v) is 7.04. The molecule has 0 spiro atoms. The van der Waals surface area contributed by atoms with Gasteiger partial charge in [-0.05, 0) is 12.1 Å². The number of rotatable bonds is 4. The molecule has 3 aromatic rings. The third kappa shape index (κ3) is 3.30. The van der Waals surface area contributed by atoms with Crippen molar-refractivity contribution in [3.63, 3.8) is 0 Å². The molecule has 9 nitrogen and oxygen atoms in total. The minimum atomic E-state index is -1.55. The van der Waals surface area contributed by atoms with E-state index in [9.17, 15) is 25.2 Å². The smallest absolute Gasteiger partial charge is 0.229 e. The zero-order chi connectivity index (χ0) is 19.8. The number of fused-ring (bicyclic) bond motifs is 1. The number of thiazole rings is 1. The first-order chi connectivity index (χ1) is 13.5. The number of ether oxygens (including phenoxy) is 2. The molecule has 4 rings (SSSR count). The Hall–Kier alpha value is -2.34. The van der Waals surface area contributed by atoms with E-state index in [4.69, 9.17) is 13.9 Å². The fourth-order valence-corrected chi connectivity index (χ4v) is 3.56. The van der Waals surface area contributed by atoms with Crippen LogP contribution in [0.25, 0.3) is 22.2 Å². The van der Waals surface area contributed by atoms with Crippen molar-refractivity contribution in [1.82, 2.24) is 4.98 Å². The molecule has 0 aliphatic carbocycles. The molecule has 28 heavy (non-hydrogen) atoms. The van der Waals surface area contributed by atoms with Crippen molar-refractivity contribution < 1.29 is 34.3 Å². The maximum Gasteiger partial charge on any atom is 0.229 e. The highest BCUT2D eigenvalue weighted by atomic mass is 32.1. The second-order valence-electron chi connectivity index (χ2n) is 6.33. The predicted molar refractivity (Wildman–Crippen MR) is 98.0 cm³/mol. The second kappa shape index (κ2) is 7.59. The molecule has 10 heteroatoms. The Morgan fingerprint density at radius 2 is 2.00 bits per heavy atom. The highest BCUT2D eigenvalue weighted by Gasteiger charge is 2.44. The topological polar surface area (TPSA) is 142 Å². The van der Waals surface area contributed by atoms with Crippen LogP contribution >= 0.6 is 11.3 Å². The summed E-state index contributed by atoms with van der Waals surface area (Å²) in [5.41, 5.74) is 2.51. The van der Waals surface area contributed by atoms with E-state index in [0.717, 1.165) is 0 Å². The van der Waals surface area contributed by atoms with Gasteiger partial charge in [0.2, 0.25) is 11.7 Å². The minimum Gasteiger partial charge on any atom is -0.463 e. The summed E-state index contributed by atoms with van der Waals surface area (Å²) in [6, 6.07) is 4.45. The molecule has 0 amide bonds. The summed E-state index contributed by atoms with van der Waals surface area (Å²) in [5.74, 6) is 0.210. The van der Waals surface area contributed by atoms with Gasteiger partial charge < -0.3 is 34.3 Å². The molecule has 1 saturated heterocycles. The van der Waals surface area contributed by atoms with Crippen LogP contribution in [0.5, 0.6) is 5.75 Å². The van der Waals surface area contributed by atoms with Gasteiger partial charge in [0.15, 0.2) is 0 Å². The van der Waals surface area contributed by atoms with Crippen LogP contribution in [0.15, 0.2) is 44.6 Å². The summed E-state index contributed by atoms with van der Waals surface area (Å²) in [4.78, 5) is 16.8. The van der Waals surface area contributed by atoms with E-state index in [1.807, 2.05) is 0 Å². The lowest BCUT2D eigenvalue weighted by molar-refractivity contribution is -0.277. The van der Waals surface area contributed by atoms with E-state index in [-0.39, 0.29) is 16.8 Å². The maximum absolute atomic E-state index is 12.7. The van der Waals surface area contributed by atoms with Gasteiger partial charge in [0.05, 0.1) is 28.8 Å². The average molecular weight is 407 g/mol.